The Labute approximate surface area is 89.7 Å². The summed E-state index contributed by atoms with van der Waals surface area (Å²) in [4.78, 5) is 27.1. The lowest BCUT2D eigenvalue weighted by atomic mass is 10.3. The summed E-state index contributed by atoms with van der Waals surface area (Å²) < 4.78 is 1.78. The molecule has 1 amide bonds. The topological polar surface area (TPSA) is 63.5 Å². The molecular weight excluding hydrogens is 214 g/mol. The number of nitrogens with zero attached hydrogens (tertiary/aromatic N) is 2. The van der Waals surface area contributed by atoms with Crippen LogP contribution in [0.2, 0.25) is 0 Å². The van der Waals surface area contributed by atoms with Crippen LogP contribution in [-0.2, 0) is 4.79 Å². The molecule has 0 aliphatic rings. The summed E-state index contributed by atoms with van der Waals surface area (Å²) >= 11 is 1.45. The van der Waals surface area contributed by atoms with Gasteiger partial charge in [0.05, 0.1) is 6.54 Å². The molecule has 2 aromatic heterocycles. The number of fused-ring (bicyclic) bond motifs is 1. The number of hydrogen-bond acceptors (Lipinski definition) is 4. The molecule has 2 heterocycles. The Balaban J connectivity index is 2.20. The van der Waals surface area contributed by atoms with Gasteiger partial charge in [-0.05, 0) is 0 Å². The van der Waals surface area contributed by atoms with E-state index in [4.69, 9.17) is 0 Å². The molecule has 0 unspecified atom stereocenters. The van der Waals surface area contributed by atoms with Crippen molar-refractivity contribution in [3.63, 3.8) is 0 Å². The van der Waals surface area contributed by atoms with Gasteiger partial charge in [0.15, 0.2) is 0 Å². The lowest BCUT2D eigenvalue weighted by Gasteiger charge is -1.97. The minimum absolute atomic E-state index is 0.0000926. The van der Waals surface area contributed by atoms with E-state index in [1.165, 1.54) is 18.3 Å². The third-order valence-corrected chi connectivity index (χ3v) is 2.80. The third kappa shape index (κ3) is 1.89. The Morgan fingerprint density at radius 1 is 1.60 bits per heavy atom. The highest BCUT2D eigenvalue weighted by Gasteiger charge is 2.14. The number of hydrogen-bond donors (Lipinski definition) is 1. The molecule has 78 valence electrons. The third-order valence-electron chi connectivity index (χ3n) is 1.91. The zero-order valence-electron chi connectivity index (χ0n) is 8.06. The largest absolute Gasteiger partial charge is 0.349 e. The van der Waals surface area contributed by atoms with E-state index >= 15 is 0 Å². The smallest absolute Gasteiger partial charge is 0.217 e. The average molecular weight is 223 g/mol. The average Bonchev–Trinajstić information content (AvgIpc) is 2.74. The molecule has 0 spiro atoms. The van der Waals surface area contributed by atoms with Gasteiger partial charge in [0.25, 0.3) is 0 Å². The van der Waals surface area contributed by atoms with E-state index < -0.39 is 0 Å². The minimum atomic E-state index is -0.218. The molecule has 0 atom stereocenters. The molecular formula is C9H9N3O2S. The van der Waals surface area contributed by atoms with Crippen LogP contribution in [0.4, 0.5) is 0 Å². The predicted octanol–water partition coefficient (Wildman–Crippen LogP) is 0.715. The molecule has 0 aliphatic heterocycles. The van der Waals surface area contributed by atoms with Gasteiger partial charge < -0.3 is 5.32 Å². The summed E-state index contributed by atoms with van der Waals surface area (Å²) in [6.07, 6.45) is 3.43. The first kappa shape index (κ1) is 9.85. The van der Waals surface area contributed by atoms with E-state index in [-0.39, 0.29) is 18.2 Å². The quantitative estimate of drug-likeness (QED) is 0.780. The van der Waals surface area contributed by atoms with Crippen molar-refractivity contribution in [3.05, 3.63) is 23.6 Å². The fourth-order valence-electron chi connectivity index (χ4n) is 1.21. The summed E-state index contributed by atoms with van der Waals surface area (Å²) in [7, 11) is 0. The van der Waals surface area contributed by atoms with Crippen molar-refractivity contribution >= 4 is 27.9 Å². The van der Waals surface area contributed by atoms with E-state index in [9.17, 15) is 9.59 Å². The summed E-state index contributed by atoms with van der Waals surface area (Å²) in [5.41, 5.74) is 0.416. The van der Waals surface area contributed by atoms with Crippen LogP contribution < -0.4 is 5.32 Å². The van der Waals surface area contributed by atoms with Gasteiger partial charge in [-0.25, -0.2) is 4.98 Å². The highest BCUT2D eigenvalue weighted by molar-refractivity contribution is 7.15. The molecule has 5 nitrogen and oxygen atoms in total. The fraction of sp³-hybridized carbons (Fsp3) is 0.222. The standard InChI is InChI=1S/C9H9N3O2S/c1-6(13)10-4-7(14)8-9-12(5-11-8)2-3-15-9/h2-3,5H,4H2,1H3,(H,10,13). The van der Waals surface area contributed by atoms with Crippen LogP contribution in [0.25, 0.3) is 4.83 Å². The first-order valence-corrected chi connectivity index (χ1v) is 5.24. The molecule has 15 heavy (non-hydrogen) atoms. The highest BCUT2D eigenvalue weighted by atomic mass is 32.1. The molecule has 0 aliphatic carbocycles. The maximum atomic E-state index is 11.6. The molecule has 0 bridgehead atoms. The number of amides is 1. The first-order valence-electron chi connectivity index (χ1n) is 4.36. The molecule has 6 heteroatoms. The maximum absolute atomic E-state index is 11.6. The number of carbonyl (C=O) groups is 2. The van der Waals surface area contributed by atoms with E-state index in [2.05, 4.69) is 10.3 Å². The number of thiazole rings is 1. The van der Waals surface area contributed by atoms with Crippen LogP contribution in [0.5, 0.6) is 0 Å². The van der Waals surface area contributed by atoms with Crippen molar-refractivity contribution in [2.75, 3.05) is 6.54 Å². The van der Waals surface area contributed by atoms with Crippen molar-refractivity contribution < 1.29 is 9.59 Å². The zero-order chi connectivity index (χ0) is 10.8. The van der Waals surface area contributed by atoms with Crippen molar-refractivity contribution in [3.8, 4) is 0 Å². The second-order valence-corrected chi connectivity index (χ2v) is 3.94. The highest BCUT2D eigenvalue weighted by Crippen LogP contribution is 2.15. The van der Waals surface area contributed by atoms with Gasteiger partial charge in [-0.1, -0.05) is 0 Å². The SMILES string of the molecule is CC(=O)NCC(=O)c1ncn2ccsc12. The molecule has 2 rings (SSSR count). The molecule has 0 saturated carbocycles. The summed E-state index contributed by atoms with van der Waals surface area (Å²) in [5.74, 6) is -0.389. The number of ketones is 1. The number of aromatic nitrogens is 2. The fourth-order valence-corrected chi connectivity index (χ4v) is 2.04. The van der Waals surface area contributed by atoms with Crippen LogP contribution >= 0.6 is 11.3 Å². The molecule has 0 aromatic carbocycles. The Morgan fingerprint density at radius 2 is 2.40 bits per heavy atom. The Hall–Kier alpha value is -1.69. The number of nitrogens with one attached hydrogen (secondary N) is 1. The first-order chi connectivity index (χ1) is 7.18. The monoisotopic (exact) mass is 223 g/mol. The molecule has 1 N–H and O–H groups in total. The second-order valence-electron chi connectivity index (χ2n) is 3.04. The second kappa shape index (κ2) is 3.82. The Morgan fingerprint density at radius 3 is 3.13 bits per heavy atom. The van der Waals surface area contributed by atoms with Crippen LogP contribution in [0.1, 0.15) is 17.4 Å². The number of imidazole rings is 1. The summed E-state index contributed by atoms with van der Waals surface area (Å²) in [6.45, 7) is 1.38. The van der Waals surface area contributed by atoms with Gasteiger partial charge in [0.1, 0.15) is 16.9 Å². The number of carbonyl (C=O) groups excluding carboxylic acids is 2. The van der Waals surface area contributed by atoms with Crippen LogP contribution in [0.3, 0.4) is 0 Å². The van der Waals surface area contributed by atoms with E-state index in [1.807, 2.05) is 11.6 Å². The Kier molecular flexibility index (Phi) is 2.51. The van der Waals surface area contributed by atoms with Crippen molar-refractivity contribution in [1.82, 2.24) is 14.7 Å². The van der Waals surface area contributed by atoms with Gasteiger partial charge in [-0.3, -0.25) is 14.0 Å². The van der Waals surface area contributed by atoms with Gasteiger partial charge in [-0.2, -0.15) is 0 Å². The van der Waals surface area contributed by atoms with Crippen molar-refractivity contribution in [1.29, 1.82) is 0 Å². The number of rotatable bonds is 3. The normalized spacial score (nSPS) is 10.5. The molecule has 0 saturated heterocycles. The van der Waals surface area contributed by atoms with Crippen molar-refractivity contribution in [2.45, 2.75) is 6.92 Å². The van der Waals surface area contributed by atoms with Gasteiger partial charge in [0, 0.05) is 18.5 Å². The van der Waals surface area contributed by atoms with Crippen LogP contribution in [0, 0.1) is 0 Å². The van der Waals surface area contributed by atoms with Gasteiger partial charge in [-0.15, -0.1) is 11.3 Å². The summed E-state index contributed by atoms with van der Waals surface area (Å²) in [5, 5.41) is 4.34. The predicted molar refractivity (Wildman–Crippen MR) is 56.1 cm³/mol. The minimum Gasteiger partial charge on any atom is -0.349 e. The van der Waals surface area contributed by atoms with Crippen molar-refractivity contribution in [2.24, 2.45) is 0 Å². The lowest BCUT2D eigenvalue weighted by Crippen LogP contribution is -2.27. The van der Waals surface area contributed by atoms with Gasteiger partial charge in [0.2, 0.25) is 11.7 Å². The Bertz CT molecular complexity index is 514. The molecule has 0 fully saturated rings. The van der Waals surface area contributed by atoms with Crippen LogP contribution in [-0.4, -0.2) is 27.6 Å². The van der Waals surface area contributed by atoms with E-state index in [0.717, 1.165) is 4.83 Å². The molecule has 2 aromatic rings. The zero-order valence-corrected chi connectivity index (χ0v) is 8.87. The lowest BCUT2D eigenvalue weighted by molar-refractivity contribution is -0.118. The maximum Gasteiger partial charge on any atom is 0.217 e. The molecule has 0 radical (unpaired) electrons. The van der Waals surface area contributed by atoms with E-state index in [0.29, 0.717) is 5.69 Å². The van der Waals surface area contributed by atoms with E-state index in [1.54, 1.807) is 10.7 Å². The number of Topliss-reactive ketones (excluding diaryl/α,β-unsaturated/α-hetero) is 1. The van der Waals surface area contributed by atoms with Gasteiger partial charge >= 0.3 is 0 Å². The summed E-state index contributed by atoms with van der Waals surface area (Å²) in [6, 6.07) is 0. The van der Waals surface area contributed by atoms with Crippen LogP contribution in [0.15, 0.2) is 17.9 Å².